The predicted octanol–water partition coefficient (Wildman–Crippen LogP) is 3.87. The number of ether oxygens (including phenoxy) is 1. The molecule has 0 atom stereocenters. The van der Waals surface area contributed by atoms with Crippen molar-refractivity contribution in [2.45, 2.75) is 6.92 Å². The molecule has 2 aromatic carbocycles. The smallest absolute Gasteiger partial charge is 0.345 e. The van der Waals surface area contributed by atoms with Gasteiger partial charge in [0, 0.05) is 5.56 Å². The maximum Gasteiger partial charge on any atom is 0.345 e. The number of rotatable bonds is 3. The topological polar surface area (TPSA) is 52.3 Å². The first-order valence-electron chi connectivity index (χ1n) is 6.54. The van der Waals surface area contributed by atoms with E-state index in [1.807, 2.05) is 36.4 Å². The van der Waals surface area contributed by atoms with Crippen molar-refractivity contribution in [3.63, 3.8) is 0 Å². The van der Waals surface area contributed by atoms with Crippen molar-refractivity contribution in [2.75, 3.05) is 0 Å². The van der Waals surface area contributed by atoms with Crippen molar-refractivity contribution in [3.05, 3.63) is 71.9 Å². The van der Waals surface area contributed by atoms with Crippen LogP contribution >= 0.6 is 0 Å². The number of hydrogen-bond donors (Lipinski definition) is 0. The van der Waals surface area contributed by atoms with Gasteiger partial charge in [0.1, 0.15) is 5.69 Å². The lowest BCUT2D eigenvalue weighted by Gasteiger charge is -2.00. The Labute approximate surface area is 122 Å². The molecule has 0 amide bonds. The summed E-state index contributed by atoms with van der Waals surface area (Å²) in [5.41, 5.74) is 1.84. The SMILES string of the molecule is Cc1nc(-c2ccccc2)oc1OC(=O)c1ccccc1. The molecule has 0 aliphatic carbocycles. The zero-order chi connectivity index (χ0) is 14.7. The molecule has 4 nitrogen and oxygen atoms in total. The summed E-state index contributed by atoms with van der Waals surface area (Å²) in [5, 5.41) is 0. The third kappa shape index (κ3) is 2.84. The maximum absolute atomic E-state index is 12.0. The molecule has 1 heterocycles. The molecule has 0 bridgehead atoms. The molecule has 0 N–H and O–H groups in total. The Morgan fingerprint density at radius 3 is 2.29 bits per heavy atom. The Morgan fingerprint density at radius 1 is 1.00 bits per heavy atom. The summed E-state index contributed by atoms with van der Waals surface area (Å²) in [6, 6.07) is 18.2. The van der Waals surface area contributed by atoms with E-state index in [0.717, 1.165) is 5.56 Å². The van der Waals surface area contributed by atoms with E-state index in [2.05, 4.69) is 4.98 Å². The van der Waals surface area contributed by atoms with Crippen LogP contribution in [0.15, 0.2) is 65.1 Å². The van der Waals surface area contributed by atoms with Crippen LogP contribution in [0.1, 0.15) is 16.1 Å². The van der Waals surface area contributed by atoms with E-state index in [-0.39, 0.29) is 5.95 Å². The fraction of sp³-hybridized carbons (Fsp3) is 0.0588. The van der Waals surface area contributed by atoms with Gasteiger partial charge in [-0.25, -0.2) is 9.78 Å². The number of hydrogen-bond acceptors (Lipinski definition) is 4. The largest absolute Gasteiger partial charge is 0.405 e. The average molecular weight is 279 g/mol. The first-order chi connectivity index (χ1) is 10.2. The molecule has 0 unspecified atom stereocenters. The van der Waals surface area contributed by atoms with E-state index in [9.17, 15) is 4.79 Å². The van der Waals surface area contributed by atoms with E-state index < -0.39 is 5.97 Å². The highest BCUT2D eigenvalue weighted by Gasteiger charge is 2.16. The van der Waals surface area contributed by atoms with Gasteiger partial charge < -0.3 is 9.15 Å². The minimum atomic E-state index is -0.463. The Balaban J connectivity index is 1.84. The van der Waals surface area contributed by atoms with Crippen LogP contribution in [-0.4, -0.2) is 11.0 Å². The van der Waals surface area contributed by atoms with Crippen LogP contribution in [-0.2, 0) is 0 Å². The van der Waals surface area contributed by atoms with Gasteiger partial charge in [-0.3, -0.25) is 0 Å². The van der Waals surface area contributed by atoms with Crippen molar-refractivity contribution in [2.24, 2.45) is 0 Å². The average Bonchev–Trinajstić information content (AvgIpc) is 2.90. The lowest BCUT2D eigenvalue weighted by Crippen LogP contribution is -2.08. The molecule has 3 rings (SSSR count). The quantitative estimate of drug-likeness (QED) is 0.683. The van der Waals surface area contributed by atoms with Crippen molar-refractivity contribution in [3.8, 4) is 17.4 Å². The number of esters is 1. The number of aromatic nitrogens is 1. The second-order valence-corrected chi connectivity index (χ2v) is 4.51. The van der Waals surface area contributed by atoms with Crippen molar-refractivity contribution >= 4 is 5.97 Å². The van der Waals surface area contributed by atoms with Gasteiger partial charge in [-0.1, -0.05) is 36.4 Å². The van der Waals surface area contributed by atoms with Crippen molar-refractivity contribution in [1.29, 1.82) is 0 Å². The van der Waals surface area contributed by atoms with Crippen LogP contribution in [0.2, 0.25) is 0 Å². The van der Waals surface area contributed by atoms with Crippen LogP contribution in [0.4, 0.5) is 0 Å². The molecule has 0 saturated heterocycles. The zero-order valence-corrected chi connectivity index (χ0v) is 11.4. The van der Waals surface area contributed by atoms with E-state index in [4.69, 9.17) is 9.15 Å². The number of aryl methyl sites for hydroxylation is 1. The minimum absolute atomic E-state index is 0.128. The van der Waals surface area contributed by atoms with Crippen LogP contribution < -0.4 is 4.74 Å². The fourth-order valence-corrected chi connectivity index (χ4v) is 1.90. The molecule has 0 spiro atoms. The highest BCUT2D eigenvalue weighted by atomic mass is 16.6. The van der Waals surface area contributed by atoms with Crippen molar-refractivity contribution < 1.29 is 13.9 Å². The fourth-order valence-electron chi connectivity index (χ4n) is 1.90. The number of carbonyl (C=O) groups is 1. The van der Waals surface area contributed by atoms with Crippen molar-refractivity contribution in [1.82, 2.24) is 4.98 Å². The lowest BCUT2D eigenvalue weighted by atomic mass is 10.2. The monoisotopic (exact) mass is 279 g/mol. The molecule has 0 radical (unpaired) electrons. The van der Waals surface area contributed by atoms with E-state index in [1.54, 1.807) is 31.2 Å². The number of oxazole rings is 1. The molecule has 1 aromatic heterocycles. The van der Waals surface area contributed by atoms with Gasteiger partial charge in [0.25, 0.3) is 0 Å². The summed E-state index contributed by atoms with van der Waals surface area (Å²) < 4.78 is 10.8. The Kier molecular flexibility index (Phi) is 3.51. The summed E-state index contributed by atoms with van der Waals surface area (Å²) in [6.45, 7) is 1.74. The van der Waals surface area contributed by atoms with Crippen LogP contribution in [0, 0.1) is 6.92 Å². The highest BCUT2D eigenvalue weighted by molar-refractivity contribution is 5.90. The normalized spacial score (nSPS) is 10.3. The summed E-state index contributed by atoms with van der Waals surface area (Å²) in [7, 11) is 0. The molecule has 0 aliphatic heterocycles. The van der Waals surface area contributed by atoms with Crippen LogP contribution in [0.3, 0.4) is 0 Å². The second kappa shape index (κ2) is 5.63. The van der Waals surface area contributed by atoms with Crippen LogP contribution in [0.25, 0.3) is 11.5 Å². The summed E-state index contributed by atoms with van der Waals surface area (Å²) in [5.74, 6) is 0.0983. The molecule has 4 heteroatoms. The molecule has 104 valence electrons. The summed E-state index contributed by atoms with van der Waals surface area (Å²) in [6.07, 6.45) is 0. The molecular formula is C17H13NO3. The maximum atomic E-state index is 12.0. The van der Waals surface area contributed by atoms with E-state index >= 15 is 0 Å². The third-order valence-electron chi connectivity index (χ3n) is 2.97. The standard InChI is InChI=1S/C17H13NO3/c1-12-17(21-16(19)14-10-6-3-7-11-14)20-15(18-12)13-8-4-2-5-9-13/h2-11H,1H3. The second-order valence-electron chi connectivity index (χ2n) is 4.51. The van der Waals surface area contributed by atoms with Gasteiger partial charge in [0.05, 0.1) is 5.56 Å². The van der Waals surface area contributed by atoms with Gasteiger partial charge in [-0.15, -0.1) is 0 Å². The van der Waals surface area contributed by atoms with Gasteiger partial charge in [0.2, 0.25) is 5.89 Å². The zero-order valence-electron chi connectivity index (χ0n) is 11.4. The minimum Gasteiger partial charge on any atom is -0.405 e. The summed E-state index contributed by atoms with van der Waals surface area (Å²) >= 11 is 0. The van der Waals surface area contributed by atoms with Gasteiger partial charge >= 0.3 is 11.9 Å². The van der Waals surface area contributed by atoms with E-state index in [0.29, 0.717) is 17.1 Å². The number of nitrogens with zero attached hydrogens (tertiary/aromatic N) is 1. The third-order valence-corrected chi connectivity index (χ3v) is 2.97. The predicted molar refractivity (Wildman–Crippen MR) is 78.1 cm³/mol. The molecule has 3 aromatic rings. The first kappa shape index (κ1) is 13.1. The highest BCUT2D eigenvalue weighted by Crippen LogP contribution is 2.27. The van der Waals surface area contributed by atoms with Gasteiger partial charge in [-0.05, 0) is 31.2 Å². The first-order valence-corrected chi connectivity index (χ1v) is 6.54. The van der Waals surface area contributed by atoms with Gasteiger partial charge in [-0.2, -0.15) is 0 Å². The Morgan fingerprint density at radius 2 is 1.62 bits per heavy atom. The molecule has 0 fully saturated rings. The Hall–Kier alpha value is -2.88. The molecular weight excluding hydrogens is 266 g/mol. The summed E-state index contributed by atoms with van der Waals surface area (Å²) in [4.78, 5) is 16.3. The number of benzene rings is 2. The van der Waals surface area contributed by atoms with Crippen LogP contribution in [0.5, 0.6) is 5.95 Å². The molecule has 0 saturated carbocycles. The molecule has 0 aliphatic rings. The number of carbonyl (C=O) groups excluding carboxylic acids is 1. The van der Waals surface area contributed by atoms with Gasteiger partial charge in [0.15, 0.2) is 0 Å². The lowest BCUT2D eigenvalue weighted by molar-refractivity contribution is 0.0693. The van der Waals surface area contributed by atoms with E-state index in [1.165, 1.54) is 0 Å². The molecule has 21 heavy (non-hydrogen) atoms. The Bertz CT molecular complexity index is 748.